The molecular formula is C15H7ClO4. The van der Waals surface area contributed by atoms with Crippen LogP contribution in [0.1, 0.15) is 5.56 Å². The number of benzene rings is 1. The highest BCUT2D eigenvalue weighted by Crippen LogP contribution is 2.21. The molecule has 0 aliphatic heterocycles. The largest absolute Gasteiger partial charge is 0.463 e. The summed E-state index contributed by atoms with van der Waals surface area (Å²) in [4.78, 5) is 35.5. The van der Waals surface area contributed by atoms with Crippen molar-refractivity contribution < 1.29 is 14.0 Å². The molecule has 5 heteroatoms. The van der Waals surface area contributed by atoms with Gasteiger partial charge >= 0.3 is 0 Å². The molecule has 1 aromatic heterocycles. The molecule has 0 atom stereocenters. The predicted octanol–water partition coefficient (Wildman–Crippen LogP) is 2.54. The lowest BCUT2D eigenvalue weighted by Gasteiger charge is -2.07. The lowest BCUT2D eigenvalue weighted by Crippen LogP contribution is -2.15. The number of hydrogen-bond donors (Lipinski definition) is 0. The van der Waals surface area contributed by atoms with Gasteiger partial charge in [0.05, 0.1) is 10.9 Å². The van der Waals surface area contributed by atoms with Gasteiger partial charge in [-0.25, -0.2) is 0 Å². The van der Waals surface area contributed by atoms with Gasteiger partial charge in [0.25, 0.3) is 0 Å². The molecule has 0 saturated carbocycles. The molecular weight excluding hydrogens is 280 g/mol. The predicted molar refractivity (Wildman–Crippen MR) is 74.6 cm³/mol. The number of halogens is 1. The summed E-state index contributed by atoms with van der Waals surface area (Å²) in [7, 11) is 0. The molecule has 0 unspecified atom stereocenters. The third-order valence-corrected chi connectivity index (χ3v) is 3.21. The maximum absolute atomic E-state index is 12.4. The summed E-state index contributed by atoms with van der Waals surface area (Å²) in [5.41, 5.74) is 0.0703. The second-order valence-corrected chi connectivity index (χ2v) is 4.71. The van der Waals surface area contributed by atoms with E-state index in [1.807, 2.05) is 0 Å². The highest BCUT2D eigenvalue weighted by molar-refractivity contribution is 6.34. The zero-order chi connectivity index (χ0) is 14.3. The van der Waals surface area contributed by atoms with Crippen molar-refractivity contribution in [3.8, 4) is 0 Å². The van der Waals surface area contributed by atoms with Crippen LogP contribution in [0.25, 0.3) is 16.5 Å². The third kappa shape index (κ3) is 2.00. The smallest absolute Gasteiger partial charge is 0.200 e. The minimum Gasteiger partial charge on any atom is -0.463 e. The fourth-order valence-electron chi connectivity index (χ4n) is 2.01. The highest BCUT2D eigenvalue weighted by Gasteiger charge is 2.19. The molecule has 20 heavy (non-hydrogen) atoms. The van der Waals surface area contributed by atoms with E-state index in [-0.39, 0.29) is 22.3 Å². The second kappa shape index (κ2) is 4.58. The summed E-state index contributed by atoms with van der Waals surface area (Å²) in [6.07, 6.45) is 4.62. The first-order chi connectivity index (χ1) is 9.56. The molecule has 1 aliphatic rings. The molecule has 0 amide bonds. The van der Waals surface area contributed by atoms with Crippen molar-refractivity contribution in [3.05, 3.63) is 63.5 Å². The molecule has 1 aliphatic carbocycles. The Hall–Kier alpha value is -2.46. The van der Waals surface area contributed by atoms with Crippen LogP contribution in [-0.2, 0) is 9.59 Å². The van der Waals surface area contributed by atoms with Crippen LogP contribution in [0.3, 0.4) is 0 Å². The van der Waals surface area contributed by atoms with E-state index < -0.39 is 11.2 Å². The van der Waals surface area contributed by atoms with Gasteiger partial charge < -0.3 is 4.42 Å². The van der Waals surface area contributed by atoms with Crippen molar-refractivity contribution >= 4 is 39.7 Å². The topological polar surface area (TPSA) is 64.3 Å². The van der Waals surface area contributed by atoms with Crippen LogP contribution in [0.5, 0.6) is 0 Å². The molecule has 0 fully saturated rings. The Morgan fingerprint density at radius 3 is 2.65 bits per heavy atom. The van der Waals surface area contributed by atoms with Gasteiger partial charge in [-0.05, 0) is 36.4 Å². The molecule has 1 aromatic carbocycles. The van der Waals surface area contributed by atoms with Crippen molar-refractivity contribution in [3.63, 3.8) is 0 Å². The van der Waals surface area contributed by atoms with Crippen molar-refractivity contribution in [1.29, 1.82) is 0 Å². The number of ketones is 2. The van der Waals surface area contributed by atoms with Crippen LogP contribution in [0, 0.1) is 0 Å². The molecule has 98 valence electrons. The number of allylic oxidation sites excluding steroid dienone is 4. The maximum atomic E-state index is 12.4. The van der Waals surface area contributed by atoms with Crippen LogP contribution in [0.4, 0.5) is 0 Å². The monoisotopic (exact) mass is 286 g/mol. The van der Waals surface area contributed by atoms with Gasteiger partial charge in [-0.3, -0.25) is 14.4 Å². The average Bonchev–Trinajstić information content (AvgIpc) is 2.43. The molecule has 0 N–H and O–H groups in total. The molecule has 3 rings (SSSR count). The SMILES string of the molecule is O=C1C=CC(=O)C(c2coc3ccc(Cl)cc3c2=O)=C1. The van der Waals surface area contributed by atoms with Crippen LogP contribution < -0.4 is 5.43 Å². The summed E-state index contributed by atoms with van der Waals surface area (Å²) in [6.45, 7) is 0. The first-order valence-corrected chi connectivity index (χ1v) is 6.13. The maximum Gasteiger partial charge on any atom is 0.200 e. The fraction of sp³-hybridized carbons (Fsp3) is 0. The lowest BCUT2D eigenvalue weighted by atomic mass is 9.97. The Labute approximate surface area is 118 Å². The van der Waals surface area contributed by atoms with Gasteiger partial charge in [0, 0.05) is 10.6 Å². The van der Waals surface area contributed by atoms with E-state index in [1.165, 1.54) is 12.3 Å². The second-order valence-electron chi connectivity index (χ2n) is 4.28. The summed E-state index contributed by atoms with van der Waals surface area (Å²) >= 11 is 5.85. The molecule has 0 saturated heterocycles. The molecule has 0 radical (unpaired) electrons. The van der Waals surface area contributed by atoms with Gasteiger partial charge in [0.2, 0.25) is 5.43 Å². The molecule has 1 heterocycles. The Balaban J connectivity index is 2.28. The van der Waals surface area contributed by atoms with Crippen LogP contribution in [0.2, 0.25) is 5.02 Å². The van der Waals surface area contributed by atoms with E-state index in [0.717, 1.165) is 18.2 Å². The fourth-order valence-corrected chi connectivity index (χ4v) is 2.18. The van der Waals surface area contributed by atoms with E-state index in [1.54, 1.807) is 12.1 Å². The van der Waals surface area contributed by atoms with Crippen LogP contribution >= 0.6 is 11.6 Å². The van der Waals surface area contributed by atoms with E-state index in [9.17, 15) is 14.4 Å². The summed E-state index contributed by atoms with van der Waals surface area (Å²) in [5, 5.41) is 0.660. The highest BCUT2D eigenvalue weighted by atomic mass is 35.5. The number of rotatable bonds is 1. The first-order valence-electron chi connectivity index (χ1n) is 5.76. The Bertz CT molecular complexity index is 871. The summed E-state index contributed by atoms with van der Waals surface area (Å²) in [5.74, 6) is -0.747. The van der Waals surface area contributed by atoms with Crippen molar-refractivity contribution in [2.45, 2.75) is 0 Å². The number of carbonyl (C=O) groups excluding carboxylic acids is 2. The normalized spacial score (nSPS) is 14.8. The molecule has 2 aromatic rings. The van der Waals surface area contributed by atoms with E-state index >= 15 is 0 Å². The quantitative estimate of drug-likeness (QED) is 0.756. The van der Waals surface area contributed by atoms with Gasteiger partial charge in [0.1, 0.15) is 11.8 Å². The Morgan fingerprint density at radius 1 is 1.05 bits per heavy atom. The zero-order valence-corrected chi connectivity index (χ0v) is 10.8. The first kappa shape index (κ1) is 12.6. The molecule has 4 nitrogen and oxygen atoms in total. The van der Waals surface area contributed by atoms with Gasteiger partial charge in [0.15, 0.2) is 11.6 Å². The summed E-state index contributed by atoms with van der Waals surface area (Å²) in [6, 6.07) is 4.65. The Kier molecular flexibility index (Phi) is 2.88. The zero-order valence-electron chi connectivity index (χ0n) is 10.1. The molecule has 0 spiro atoms. The number of hydrogen-bond acceptors (Lipinski definition) is 4. The van der Waals surface area contributed by atoms with Crippen molar-refractivity contribution in [1.82, 2.24) is 0 Å². The van der Waals surface area contributed by atoms with Gasteiger partial charge in [-0.1, -0.05) is 11.6 Å². The van der Waals surface area contributed by atoms with Crippen molar-refractivity contribution in [2.24, 2.45) is 0 Å². The average molecular weight is 287 g/mol. The van der Waals surface area contributed by atoms with Crippen LogP contribution in [-0.4, -0.2) is 11.6 Å². The van der Waals surface area contributed by atoms with E-state index in [0.29, 0.717) is 10.6 Å². The molecule has 0 bridgehead atoms. The van der Waals surface area contributed by atoms with E-state index in [4.69, 9.17) is 16.0 Å². The Morgan fingerprint density at radius 2 is 1.85 bits per heavy atom. The van der Waals surface area contributed by atoms with Gasteiger partial charge in [-0.2, -0.15) is 0 Å². The minimum absolute atomic E-state index is 0.0353. The van der Waals surface area contributed by atoms with Crippen LogP contribution in [0.15, 0.2) is 51.9 Å². The summed E-state index contributed by atoms with van der Waals surface area (Å²) < 4.78 is 5.33. The van der Waals surface area contributed by atoms with E-state index in [2.05, 4.69) is 0 Å². The standard InChI is InChI=1S/C15H7ClO4/c16-8-1-4-14-11(5-8)15(19)12(7-20-14)10-6-9(17)2-3-13(10)18/h1-7H. The lowest BCUT2D eigenvalue weighted by molar-refractivity contribution is -0.113. The van der Waals surface area contributed by atoms with Gasteiger partial charge in [-0.15, -0.1) is 0 Å². The minimum atomic E-state index is -0.404. The number of carbonyl (C=O) groups is 2. The van der Waals surface area contributed by atoms with Crippen molar-refractivity contribution in [2.75, 3.05) is 0 Å². The number of fused-ring (bicyclic) bond motifs is 1. The third-order valence-electron chi connectivity index (χ3n) is 2.98.